The van der Waals surface area contributed by atoms with E-state index in [4.69, 9.17) is 0 Å². The van der Waals surface area contributed by atoms with Gasteiger partial charge in [0.05, 0.1) is 0 Å². The fourth-order valence-electron chi connectivity index (χ4n) is 4.77. The van der Waals surface area contributed by atoms with Crippen LogP contribution in [0.2, 0.25) is 0 Å². The summed E-state index contributed by atoms with van der Waals surface area (Å²) in [5.41, 5.74) is 5.99. The van der Waals surface area contributed by atoms with E-state index in [0.717, 1.165) is 35.1 Å². The monoisotopic (exact) mass is 482 g/mol. The second kappa shape index (κ2) is 11.2. The first-order chi connectivity index (χ1) is 15.9. The molecule has 3 nitrogen and oxygen atoms in total. The second-order valence-electron chi connectivity index (χ2n) is 10.1. The van der Waals surface area contributed by atoms with Gasteiger partial charge in [0, 0.05) is 16.3 Å². The molecule has 0 fully saturated rings. The Balaban J connectivity index is 2.89. The van der Waals surface area contributed by atoms with Crippen molar-refractivity contribution in [3.8, 4) is 0 Å². The third kappa shape index (κ3) is 5.01. The summed E-state index contributed by atoms with van der Waals surface area (Å²) in [4.78, 5) is 28.7. The Hall–Kier alpha value is -1.99. The van der Waals surface area contributed by atoms with Gasteiger partial charge < -0.3 is 4.57 Å². The van der Waals surface area contributed by atoms with Crippen molar-refractivity contribution in [1.82, 2.24) is 0 Å². The topological polar surface area (TPSA) is 51.2 Å². The maximum absolute atomic E-state index is 14.9. The highest BCUT2D eigenvalue weighted by molar-refractivity contribution is 7.96. The van der Waals surface area contributed by atoms with Crippen molar-refractivity contribution in [3.05, 3.63) is 68.8 Å². The van der Waals surface area contributed by atoms with Crippen molar-refractivity contribution in [3.63, 3.8) is 0 Å². The smallest absolute Gasteiger partial charge is 0.230 e. The summed E-state index contributed by atoms with van der Waals surface area (Å²) in [6, 6.07) is 8.20. The number of carbonyl (C=O) groups excluding carboxylic acids is 2. The number of carbonyl (C=O) groups is 2. The molecule has 2 rings (SSSR count). The molecule has 186 valence electrons. The zero-order valence-electron chi connectivity index (χ0n) is 22.7. The molecule has 0 aliphatic rings. The summed E-state index contributed by atoms with van der Waals surface area (Å²) in [5.74, 6) is 0. The van der Waals surface area contributed by atoms with Gasteiger partial charge in [-0.1, -0.05) is 86.6 Å². The molecule has 0 amide bonds. The van der Waals surface area contributed by atoms with E-state index in [2.05, 4.69) is 38.1 Å². The summed E-state index contributed by atoms with van der Waals surface area (Å²) in [5, 5.41) is -0.986. The SMILES string of the molecule is CCc1cc(CC)c(C(=O)P(=O)(C(=O)c2c(CC)cc(CC)cc2CC)C(C)(C)C)c(CC)c1. The number of benzene rings is 2. The Kier molecular flexibility index (Phi) is 9.28. The van der Waals surface area contributed by atoms with Crippen LogP contribution in [0.3, 0.4) is 0 Å². The molecule has 4 heteroatoms. The molecule has 0 radical (unpaired) electrons. The Morgan fingerprint density at radius 1 is 0.588 bits per heavy atom. The predicted octanol–water partition coefficient (Wildman–Crippen LogP) is 8.20. The van der Waals surface area contributed by atoms with E-state index in [1.165, 1.54) is 11.1 Å². The van der Waals surface area contributed by atoms with Crippen LogP contribution < -0.4 is 0 Å². The zero-order chi connectivity index (χ0) is 25.8. The van der Waals surface area contributed by atoms with Gasteiger partial charge in [0.1, 0.15) is 0 Å². The Morgan fingerprint density at radius 3 is 1.03 bits per heavy atom. The molecule has 0 N–H and O–H groups in total. The van der Waals surface area contributed by atoms with Crippen molar-refractivity contribution in [2.45, 2.75) is 106 Å². The minimum atomic E-state index is -4.01. The van der Waals surface area contributed by atoms with E-state index < -0.39 is 23.3 Å². The van der Waals surface area contributed by atoms with Gasteiger partial charge in [0.15, 0.2) is 0 Å². The molecule has 0 saturated carbocycles. The second-order valence-corrected chi connectivity index (χ2v) is 13.5. The van der Waals surface area contributed by atoms with Gasteiger partial charge in [0.25, 0.3) is 0 Å². The van der Waals surface area contributed by atoms with Crippen LogP contribution in [0.4, 0.5) is 0 Å². The highest BCUT2D eigenvalue weighted by Crippen LogP contribution is 2.63. The molecule has 0 aromatic heterocycles. The Labute approximate surface area is 207 Å². The average Bonchev–Trinajstić information content (AvgIpc) is 2.84. The van der Waals surface area contributed by atoms with E-state index in [9.17, 15) is 14.2 Å². The average molecular weight is 483 g/mol. The summed E-state index contributed by atoms with van der Waals surface area (Å²) >= 11 is 0. The van der Waals surface area contributed by atoms with Gasteiger partial charge in [0.2, 0.25) is 18.2 Å². The Bertz CT molecular complexity index is 989. The van der Waals surface area contributed by atoms with Crippen LogP contribution >= 0.6 is 7.14 Å². The first-order valence-corrected chi connectivity index (χ1v) is 14.6. The number of rotatable bonds is 10. The summed E-state index contributed by atoms with van der Waals surface area (Å²) < 4.78 is 14.9. The maximum Gasteiger partial charge on any atom is 0.230 e. The highest BCUT2D eigenvalue weighted by Gasteiger charge is 2.51. The third-order valence-corrected chi connectivity index (χ3v) is 10.5. The molecular weight excluding hydrogens is 439 g/mol. The van der Waals surface area contributed by atoms with Crippen LogP contribution in [-0.2, 0) is 43.1 Å². The quantitative estimate of drug-likeness (QED) is 0.321. The lowest BCUT2D eigenvalue weighted by molar-refractivity contribution is 0.103. The van der Waals surface area contributed by atoms with Gasteiger partial charge in [-0.2, -0.15) is 0 Å². The minimum absolute atomic E-state index is 0.468. The number of hydrogen-bond donors (Lipinski definition) is 0. The molecule has 0 heterocycles. The molecule has 0 atom stereocenters. The van der Waals surface area contributed by atoms with Gasteiger partial charge in [-0.15, -0.1) is 0 Å². The lowest BCUT2D eigenvalue weighted by atomic mass is 9.94. The molecule has 34 heavy (non-hydrogen) atoms. The fourth-order valence-corrected chi connectivity index (χ4v) is 7.38. The molecule has 0 aliphatic heterocycles. The fraction of sp³-hybridized carbons (Fsp3) is 0.533. The molecule has 0 saturated heterocycles. The van der Waals surface area contributed by atoms with Gasteiger partial charge in [-0.05, 0) is 71.9 Å². The lowest BCUT2D eigenvalue weighted by Crippen LogP contribution is -2.29. The van der Waals surface area contributed by atoms with Crippen LogP contribution in [-0.4, -0.2) is 16.2 Å². The molecule has 2 aromatic rings. The lowest BCUT2D eigenvalue weighted by Gasteiger charge is -2.31. The van der Waals surface area contributed by atoms with Crippen LogP contribution in [0.1, 0.15) is 116 Å². The minimum Gasteiger partial charge on any atom is -0.306 e. The van der Waals surface area contributed by atoms with E-state index in [1.807, 2.05) is 27.7 Å². The van der Waals surface area contributed by atoms with E-state index >= 15 is 0 Å². The van der Waals surface area contributed by atoms with Crippen molar-refractivity contribution >= 4 is 18.2 Å². The van der Waals surface area contributed by atoms with Crippen molar-refractivity contribution in [2.75, 3.05) is 0 Å². The molecule has 0 unspecified atom stereocenters. The van der Waals surface area contributed by atoms with Crippen LogP contribution in [0, 0.1) is 0 Å². The van der Waals surface area contributed by atoms with Crippen molar-refractivity contribution in [1.29, 1.82) is 0 Å². The first-order valence-electron chi connectivity index (χ1n) is 12.9. The first kappa shape index (κ1) is 28.2. The van der Waals surface area contributed by atoms with Crippen LogP contribution in [0.25, 0.3) is 0 Å². The standard InChI is InChI=1S/C30H43O3P/c1-10-20-16-22(12-3)26(23(13-4)17-20)28(31)34(33,30(7,8)9)29(32)27-24(14-5)18-21(11-2)19-25(27)15-6/h16-19H,10-15H2,1-9H3. The van der Waals surface area contributed by atoms with Crippen molar-refractivity contribution in [2.24, 2.45) is 0 Å². The molecular formula is C30H43O3P. The Morgan fingerprint density at radius 2 is 0.853 bits per heavy atom. The largest absolute Gasteiger partial charge is 0.306 e. The van der Waals surface area contributed by atoms with Crippen LogP contribution in [0.5, 0.6) is 0 Å². The highest BCUT2D eigenvalue weighted by atomic mass is 31.2. The molecule has 0 aliphatic carbocycles. The van der Waals surface area contributed by atoms with Gasteiger partial charge in [-0.3, -0.25) is 9.59 Å². The van der Waals surface area contributed by atoms with Crippen LogP contribution in [0.15, 0.2) is 24.3 Å². The number of aryl methyl sites for hydroxylation is 6. The molecule has 0 spiro atoms. The summed E-state index contributed by atoms with van der Waals surface area (Å²) in [7, 11) is -4.01. The van der Waals surface area contributed by atoms with Gasteiger partial charge in [-0.25, -0.2) is 0 Å². The summed E-state index contributed by atoms with van der Waals surface area (Å²) in [6.45, 7) is 17.6. The number of hydrogen-bond acceptors (Lipinski definition) is 3. The van der Waals surface area contributed by atoms with Crippen molar-refractivity contribution < 1.29 is 14.2 Å². The maximum atomic E-state index is 14.9. The van der Waals surface area contributed by atoms with E-state index in [1.54, 1.807) is 20.8 Å². The summed E-state index contributed by atoms with van der Waals surface area (Å²) in [6.07, 6.45) is 4.37. The molecule has 2 aromatic carbocycles. The normalized spacial score (nSPS) is 12.1. The third-order valence-electron chi connectivity index (χ3n) is 7.01. The predicted molar refractivity (Wildman–Crippen MR) is 145 cm³/mol. The van der Waals surface area contributed by atoms with E-state index in [0.29, 0.717) is 36.8 Å². The molecule has 0 bridgehead atoms. The van der Waals surface area contributed by atoms with Gasteiger partial charge >= 0.3 is 0 Å². The zero-order valence-corrected chi connectivity index (χ0v) is 23.6. The van der Waals surface area contributed by atoms with E-state index in [-0.39, 0.29) is 0 Å².